The maximum atomic E-state index is 5.59. The summed E-state index contributed by atoms with van der Waals surface area (Å²) in [6, 6.07) is 0.609. The highest BCUT2D eigenvalue weighted by Gasteiger charge is 2.34. The lowest BCUT2D eigenvalue weighted by molar-refractivity contribution is 0.198. The van der Waals surface area contributed by atoms with Gasteiger partial charge in [0.25, 0.3) is 0 Å². The molecule has 0 saturated heterocycles. The summed E-state index contributed by atoms with van der Waals surface area (Å²) in [7, 11) is 3.68. The number of nitrogens with zero attached hydrogens (tertiary/aromatic N) is 3. The molecule has 1 aromatic rings. The molecule has 1 aliphatic rings. The third-order valence-corrected chi connectivity index (χ3v) is 3.33. The van der Waals surface area contributed by atoms with Crippen molar-refractivity contribution in [2.24, 2.45) is 11.8 Å². The van der Waals surface area contributed by atoms with Crippen molar-refractivity contribution in [1.29, 1.82) is 0 Å². The van der Waals surface area contributed by atoms with Gasteiger partial charge in [-0.05, 0) is 18.3 Å². The number of rotatable bonds is 8. The average molecular weight is 254 g/mol. The van der Waals surface area contributed by atoms with Crippen LogP contribution in [0.3, 0.4) is 0 Å². The molecule has 2 atom stereocenters. The zero-order valence-electron chi connectivity index (χ0n) is 11.3. The Morgan fingerprint density at radius 3 is 2.94 bits per heavy atom. The Balaban J connectivity index is 1.74. The molecule has 2 rings (SSSR count). The quantitative estimate of drug-likeness (QED) is 0.695. The first-order chi connectivity index (χ1) is 8.70. The number of methoxy groups -OCH3 is 1. The van der Waals surface area contributed by atoms with E-state index < -0.39 is 0 Å². The minimum absolute atomic E-state index is 0.587. The van der Waals surface area contributed by atoms with Gasteiger partial charge in [-0.2, -0.15) is 0 Å². The van der Waals surface area contributed by atoms with Crippen LogP contribution in [0.15, 0.2) is 4.42 Å². The van der Waals surface area contributed by atoms with Crippen LogP contribution >= 0.6 is 0 Å². The van der Waals surface area contributed by atoms with Crippen molar-refractivity contribution in [2.45, 2.75) is 19.9 Å². The zero-order valence-corrected chi connectivity index (χ0v) is 11.3. The normalized spacial score (nSPS) is 22.2. The Morgan fingerprint density at radius 1 is 1.50 bits per heavy atom. The topological polar surface area (TPSA) is 63.4 Å². The van der Waals surface area contributed by atoms with Crippen molar-refractivity contribution in [3.05, 3.63) is 5.89 Å². The highest BCUT2D eigenvalue weighted by Crippen LogP contribution is 2.38. The van der Waals surface area contributed by atoms with Gasteiger partial charge in [0.15, 0.2) is 0 Å². The molecular weight excluding hydrogens is 232 g/mol. The lowest BCUT2D eigenvalue weighted by atomic mass is 10.3. The van der Waals surface area contributed by atoms with Crippen LogP contribution in [0, 0.1) is 11.8 Å². The number of aromatic nitrogens is 2. The lowest BCUT2D eigenvalue weighted by Crippen LogP contribution is -2.20. The summed E-state index contributed by atoms with van der Waals surface area (Å²) in [6.07, 6.45) is 1.31. The van der Waals surface area contributed by atoms with E-state index in [2.05, 4.69) is 22.4 Å². The van der Waals surface area contributed by atoms with E-state index in [1.165, 1.54) is 6.42 Å². The predicted octanol–water partition coefficient (Wildman–Crippen LogP) is 0.898. The summed E-state index contributed by atoms with van der Waals surface area (Å²) in [6.45, 7) is 5.32. The molecule has 18 heavy (non-hydrogen) atoms. The molecule has 2 unspecified atom stereocenters. The fraction of sp³-hybridized carbons (Fsp3) is 0.833. The van der Waals surface area contributed by atoms with E-state index in [0.29, 0.717) is 25.1 Å². The summed E-state index contributed by atoms with van der Waals surface area (Å²) in [5.74, 6) is 2.24. The van der Waals surface area contributed by atoms with Crippen molar-refractivity contribution in [3.63, 3.8) is 0 Å². The average Bonchev–Trinajstić information content (AvgIpc) is 2.87. The molecule has 0 amide bonds. The van der Waals surface area contributed by atoms with Gasteiger partial charge < -0.3 is 19.4 Å². The summed E-state index contributed by atoms with van der Waals surface area (Å²) < 4.78 is 10.5. The second-order valence-corrected chi connectivity index (χ2v) is 5.00. The first-order valence-corrected chi connectivity index (χ1v) is 6.44. The van der Waals surface area contributed by atoms with Crippen molar-refractivity contribution < 1.29 is 9.15 Å². The minimum Gasteiger partial charge on any atom is -0.407 e. The number of nitrogens with one attached hydrogen (secondary N) is 1. The SMILES string of the molecule is COCCNCc1nnc(N(C)CC2CC2C)o1. The Kier molecular flexibility index (Phi) is 4.54. The Hall–Kier alpha value is -1.14. The molecule has 1 N–H and O–H groups in total. The van der Waals surface area contributed by atoms with Gasteiger partial charge in [-0.15, -0.1) is 5.10 Å². The van der Waals surface area contributed by atoms with Crippen LogP contribution in [0.25, 0.3) is 0 Å². The van der Waals surface area contributed by atoms with Crippen LogP contribution < -0.4 is 10.2 Å². The third kappa shape index (κ3) is 3.68. The number of ether oxygens (including phenoxy) is 1. The summed E-state index contributed by atoms with van der Waals surface area (Å²) in [4.78, 5) is 2.04. The Morgan fingerprint density at radius 2 is 2.28 bits per heavy atom. The molecule has 1 aliphatic carbocycles. The maximum Gasteiger partial charge on any atom is 0.317 e. The molecular formula is C12H22N4O2. The van der Waals surface area contributed by atoms with E-state index in [-0.39, 0.29) is 0 Å². The smallest absolute Gasteiger partial charge is 0.317 e. The molecule has 6 heteroatoms. The molecule has 1 heterocycles. The summed E-state index contributed by atoms with van der Waals surface area (Å²) >= 11 is 0. The largest absolute Gasteiger partial charge is 0.407 e. The van der Waals surface area contributed by atoms with Crippen LogP contribution in [0.1, 0.15) is 19.2 Å². The minimum atomic E-state index is 0.587. The fourth-order valence-electron chi connectivity index (χ4n) is 1.92. The molecule has 1 saturated carbocycles. The lowest BCUT2D eigenvalue weighted by Gasteiger charge is -2.12. The number of hydrogen-bond donors (Lipinski definition) is 1. The standard InChI is InChI=1S/C12H22N4O2/c1-9-6-10(9)8-16(2)12-15-14-11(18-12)7-13-4-5-17-3/h9-10,13H,4-8H2,1-3H3. The van der Waals surface area contributed by atoms with Crippen LogP contribution in [-0.4, -0.2) is 44.1 Å². The van der Waals surface area contributed by atoms with Gasteiger partial charge in [0, 0.05) is 27.2 Å². The van der Waals surface area contributed by atoms with E-state index in [4.69, 9.17) is 9.15 Å². The van der Waals surface area contributed by atoms with Crippen LogP contribution in [0.5, 0.6) is 0 Å². The molecule has 0 radical (unpaired) electrons. The van der Waals surface area contributed by atoms with E-state index in [0.717, 1.165) is 24.9 Å². The fourth-order valence-corrected chi connectivity index (χ4v) is 1.92. The molecule has 0 bridgehead atoms. The highest BCUT2D eigenvalue weighted by molar-refractivity contribution is 5.22. The van der Waals surface area contributed by atoms with Gasteiger partial charge >= 0.3 is 6.01 Å². The summed E-state index contributed by atoms with van der Waals surface area (Å²) in [5.41, 5.74) is 0. The monoisotopic (exact) mass is 254 g/mol. The number of anilines is 1. The zero-order chi connectivity index (χ0) is 13.0. The molecule has 102 valence electrons. The van der Waals surface area contributed by atoms with E-state index in [1.807, 2.05) is 11.9 Å². The second kappa shape index (κ2) is 6.15. The molecule has 0 aliphatic heterocycles. The van der Waals surface area contributed by atoms with E-state index in [1.54, 1.807) is 7.11 Å². The first kappa shape index (κ1) is 13.3. The van der Waals surface area contributed by atoms with E-state index in [9.17, 15) is 0 Å². The van der Waals surface area contributed by atoms with Crippen molar-refractivity contribution in [2.75, 3.05) is 38.8 Å². The molecule has 0 spiro atoms. The second-order valence-electron chi connectivity index (χ2n) is 5.00. The third-order valence-electron chi connectivity index (χ3n) is 3.33. The van der Waals surface area contributed by atoms with Crippen LogP contribution in [0.4, 0.5) is 6.01 Å². The van der Waals surface area contributed by atoms with Crippen LogP contribution in [0.2, 0.25) is 0 Å². The van der Waals surface area contributed by atoms with Crippen LogP contribution in [-0.2, 0) is 11.3 Å². The van der Waals surface area contributed by atoms with Gasteiger partial charge in [0.05, 0.1) is 13.2 Å². The van der Waals surface area contributed by atoms with Crippen molar-refractivity contribution >= 4 is 6.01 Å². The molecule has 6 nitrogen and oxygen atoms in total. The Bertz CT molecular complexity index is 369. The van der Waals surface area contributed by atoms with Crippen molar-refractivity contribution in [3.8, 4) is 0 Å². The van der Waals surface area contributed by atoms with Crippen molar-refractivity contribution in [1.82, 2.24) is 15.5 Å². The molecule has 0 aromatic carbocycles. The molecule has 1 fully saturated rings. The van der Waals surface area contributed by atoms with Gasteiger partial charge in [0.1, 0.15) is 0 Å². The molecule has 1 aromatic heterocycles. The maximum absolute atomic E-state index is 5.59. The van der Waals surface area contributed by atoms with Gasteiger partial charge in [-0.3, -0.25) is 0 Å². The first-order valence-electron chi connectivity index (χ1n) is 6.44. The van der Waals surface area contributed by atoms with Gasteiger partial charge in [-0.25, -0.2) is 0 Å². The summed E-state index contributed by atoms with van der Waals surface area (Å²) in [5, 5.41) is 11.3. The Labute approximate surface area is 108 Å². The number of hydrogen-bond acceptors (Lipinski definition) is 6. The van der Waals surface area contributed by atoms with Gasteiger partial charge in [-0.1, -0.05) is 12.0 Å². The van der Waals surface area contributed by atoms with Gasteiger partial charge in [0.2, 0.25) is 5.89 Å². The predicted molar refractivity (Wildman–Crippen MR) is 68.4 cm³/mol. The van der Waals surface area contributed by atoms with E-state index >= 15 is 0 Å². The highest BCUT2D eigenvalue weighted by atomic mass is 16.5.